The summed E-state index contributed by atoms with van der Waals surface area (Å²) in [7, 11) is 0. The van der Waals surface area contributed by atoms with Crippen LogP contribution >= 0.6 is 0 Å². The van der Waals surface area contributed by atoms with Gasteiger partial charge in [-0.3, -0.25) is 4.79 Å². The maximum absolute atomic E-state index is 12.6. The van der Waals surface area contributed by atoms with Gasteiger partial charge >= 0.3 is 0 Å². The van der Waals surface area contributed by atoms with Crippen LogP contribution in [0, 0.1) is 11.3 Å². The zero-order valence-corrected chi connectivity index (χ0v) is 14.6. The zero-order chi connectivity index (χ0) is 18.4. The molecule has 2 aromatic rings. The molecule has 1 amide bonds. The van der Waals surface area contributed by atoms with Crippen LogP contribution in [0.5, 0.6) is 5.75 Å². The number of carbonyl (C=O) groups is 1. The quantitative estimate of drug-likeness (QED) is 0.897. The molecule has 1 fully saturated rings. The van der Waals surface area contributed by atoms with E-state index in [2.05, 4.69) is 16.3 Å². The topological polar surface area (TPSA) is 74.6 Å². The van der Waals surface area contributed by atoms with E-state index in [1.165, 1.54) is 0 Å². The largest absolute Gasteiger partial charge is 0.480 e. The second-order valence-electron chi connectivity index (χ2n) is 5.97. The first-order valence-electron chi connectivity index (χ1n) is 8.57. The molecule has 1 N–H and O–H groups in total. The van der Waals surface area contributed by atoms with Gasteiger partial charge in [0.25, 0.3) is 5.91 Å². The highest BCUT2D eigenvalue weighted by Crippen LogP contribution is 2.27. The van der Waals surface area contributed by atoms with E-state index in [4.69, 9.17) is 14.7 Å². The molecule has 2 aromatic carbocycles. The first-order chi connectivity index (χ1) is 12.7. The Labute approximate surface area is 152 Å². The average Bonchev–Trinajstić information content (AvgIpc) is 2.69. The van der Waals surface area contributed by atoms with Gasteiger partial charge in [0.05, 0.1) is 30.2 Å². The number of hydrogen-bond acceptors (Lipinski definition) is 5. The summed E-state index contributed by atoms with van der Waals surface area (Å²) < 4.78 is 11.1. The van der Waals surface area contributed by atoms with Crippen LogP contribution in [-0.4, -0.2) is 38.3 Å². The van der Waals surface area contributed by atoms with Crippen molar-refractivity contribution >= 4 is 17.3 Å². The van der Waals surface area contributed by atoms with Gasteiger partial charge in [-0.2, -0.15) is 5.26 Å². The summed E-state index contributed by atoms with van der Waals surface area (Å²) in [4.78, 5) is 14.8. The molecular formula is C20H21N3O3. The molecule has 134 valence electrons. The molecule has 0 bridgehead atoms. The Morgan fingerprint density at radius 2 is 1.88 bits per heavy atom. The van der Waals surface area contributed by atoms with Crippen LogP contribution in [0.25, 0.3) is 0 Å². The Morgan fingerprint density at radius 3 is 2.65 bits per heavy atom. The molecule has 1 aliphatic rings. The van der Waals surface area contributed by atoms with Gasteiger partial charge in [-0.05, 0) is 31.2 Å². The summed E-state index contributed by atoms with van der Waals surface area (Å²) in [5, 5.41) is 12.1. The molecule has 0 radical (unpaired) electrons. The van der Waals surface area contributed by atoms with E-state index >= 15 is 0 Å². The van der Waals surface area contributed by atoms with Crippen LogP contribution in [-0.2, 0) is 9.53 Å². The third kappa shape index (κ3) is 4.13. The van der Waals surface area contributed by atoms with Gasteiger partial charge in [0.15, 0.2) is 6.10 Å². The Hall–Kier alpha value is -3.04. The molecule has 6 heteroatoms. The van der Waals surface area contributed by atoms with Crippen LogP contribution in [0.15, 0.2) is 48.5 Å². The maximum Gasteiger partial charge on any atom is 0.265 e. The fraction of sp³-hybridized carbons (Fsp3) is 0.300. The summed E-state index contributed by atoms with van der Waals surface area (Å²) in [6.45, 7) is 4.59. The van der Waals surface area contributed by atoms with E-state index in [0.717, 1.165) is 24.5 Å². The Morgan fingerprint density at radius 1 is 1.19 bits per heavy atom. The lowest BCUT2D eigenvalue weighted by Gasteiger charge is -2.30. The van der Waals surface area contributed by atoms with Crippen LogP contribution in [0.4, 0.5) is 11.4 Å². The number of ether oxygens (including phenoxy) is 2. The molecule has 3 rings (SSSR count). The predicted molar refractivity (Wildman–Crippen MR) is 99.4 cm³/mol. The molecule has 0 aromatic heterocycles. The second kappa shape index (κ2) is 8.37. The SMILES string of the molecule is CC(Oc1ccccc1C#N)C(=O)Nc1ccccc1N1CCOCC1. The van der Waals surface area contributed by atoms with Crippen molar-refractivity contribution in [1.82, 2.24) is 0 Å². The number of hydrogen-bond donors (Lipinski definition) is 1. The third-order valence-corrected chi connectivity index (χ3v) is 4.19. The van der Waals surface area contributed by atoms with Crippen molar-refractivity contribution in [3.8, 4) is 11.8 Å². The number of benzene rings is 2. The fourth-order valence-corrected chi connectivity index (χ4v) is 2.80. The van der Waals surface area contributed by atoms with Crippen LogP contribution in [0.2, 0.25) is 0 Å². The van der Waals surface area contributed by atoms with Gasteiger partial charge in [0.1, 0.15) is 11.8 Å². The minimum atomic E-state index is -0.734. The van der Waals surface area contributed by atoms with Crippen molar-refractivity contribution in [3.63, 3.8) is 0 Å². The summed E-state index contributed by atoms with van der Waals surface area (Å²) >= 11 is 0. The second-order valence-corrected chi connectivity index (χ2v) is 5.97. The third-order valence-electron chi connectivity index (χ3n) is 4.19. The number of nitrogens with one attached hydrogen (secondary N) is 1. The number of nitriles is 1. The van der Waals surface area contributed by atoms with Crippen molar-refractivity contribution in [3.05, 3.63) is 54.1 Å². The minimum absolute atomic E-state index is 0.265. The highest BCUT2D eigenvalue weighted by atomic mass is 16.5. The van der Waals surface area contributed by atoms with Crippen molar-refractivity contribution < 1.29 is 14.3 Å². The van der Waals surface area contributed by atoms with Crippen LogP contribution in [0.1, 0.15) is 12.5 Å². The lowest BCUT2D eigenvalue weighted by molar-refractivity contribution is -0.122. The van der Waals surface area contributed by atoms with Crippen LogP contribution < -0.4 is 15.0 Å². The predicted octanol–water partition coefficient (Wildman–Crippen LogP) is 2.80. The van der Waals surface area contributed by atoms with Gasteiger partial charge in [-0.1, -0.05) is 24.3 Å². The Balaban J connectivity index is 1.71. The molecule has 1 atom stereocenters. The fourth-order valence-electron chi connectivity index (χ4n) is 2.80. The summed E-state index contributed by atoms with van der Waals surface area (Å²) in [5.41, 5.74) is 2.11. The number of morpholine rings is 1. The standard InChI is InChI=1S/C20H21N3O3/c1-15(26-19-9-5-2-6-16(19)14-21)20(24)22-17-7-3-4-8-18(17)23-10-12-25-13-11-23/h2-9,15H,10-13H2,1H3,(H,22,24). The van der Waals surface area contributed by atoms with Crippen molar-refractivity contribution in [2.24, 2.45) is 0 Å². The van der Waals surface area contributed by atoms with E-state index in [9.17, 15) is 4.79 Å². The Kier molecular flexibility index (Phi) is 5.72. The first-order valence-corrected chi connectivity index (χ1v) is 8.57. The van der Waals surface area contributed by atoms with E-state index in [0.29, 0.717) is 24.5 Å². The van der Waals surface area contributed by atoms with Gasteiger partial charge < -0.3 is 19.7 Å². The number of anilines is 2. The number of amides is 1. The van der Waals surface area contributed by atoms with Crippen molar-refractivity contribution in [2.45, 2.75) is 13.0 Å². The highest BCUT2D eigenvalue weighted by Gasteiger charge is 2.20. The van der Waals surface area contributed by atoms with Crippen LogP contribution in [0.3, 0.4) is 0 Å². The lowest BCUT2D eigenvalue weighted by atomic mass is 10.2. The molecule has 0 aliphatic carbocycles. The molecule has 0 saturated carbocycles. The van der Waals surface area contributed by atoms with E-state index < -0.39 is 6.10 Å². The molecule has 1 saturated heterocycles. The Bertz CT molecular complexity index is 810. The zero-order valence-electron chi connectivity index (χ0n) is 14.6. The van der Waals surface area contributed by atoms with Crippen molar-refractivity contribution in [1.29, 1.82) is 5.26 Å². The number of para-hydroxylation sites is 3. The molecule has 1 heterocycles. The maximum atomic E-state index is 12.6. The van der Waals surface area contributed by atoms with E-state index in [1.54, 1.807) is 31.2 Å². The van der Waals surface area contributed by atoms with Gasteiger partial charge in [-0.15, -0.1) is 0 Å². The molecule has 0 spiro atoms. The highest BCUT2D eigenvalue weighted by molar-refractivity contribution is 5.97. The molecule has 26 heavy (non-hydrogen) atoms. The normalized spacial score (nSPS) is 15.0. The monoisotopic (exact) mass is 351 g/mol. The molecular weight excluding hydrogens is 330 g/mol. The van der Waals surface area contributed by atoms with Crippen molar-refractivity contribution in [2.75, 3.05) is 36.5 Å². The smallest absolute Gasteiger partial charge is 0.265 e. The minimum Gasteiger partial charge on any atom is -0.480 e. The number of carbonyl (C=O) groups excluding carboxylic acids is 1. The summed E-state index contributed by atoms with van der Waals surface area (Å²) in [6, 6.07) is 16.6. The number of rotatable bonds is 5. The first kappa shape index (κ1) is 17.8. The lowest BCUT2D eigenvalue weighted by Crippen LogP contribution is -2.37. The van der Waals surface area contributed by atoms with Gasteiger partial charge in [-0.25, -0.2) is 0 Å². The molecule has 6 nitrogen and oxygen atoms in total. The molecule has 1 aliphatic heterocycles. The van der Waals surface area contributed by atoms with Gasteiger partial charge in [0, 0.05) is 13.1 Å². The van der Waals surface area contributed by atoms with Gasteiger partial charge in [0.2, 0.25) is 0 Å². The van der Waals surface area contributed by atoms with E-state index in [1.807, 2.05) is 24.3 Å². The molecule has 1 unspecified atom stereocenters. The number of nitrogens with zero attached hydrogens (tertiary/aromatic N) is 2. The van der Waals surface area contributed by atoms with E-state index in [-0.39, 0.29) is 5.91 Å². The average molecular weight is 351 g/mol. The summed E-state index contributed by atoms with van der Waals surface area (Å²) in [6.07, 6.45) is -0.734. The summed E-state index contributed by atoms with van der Waals surface area (Å²) in [5.74, 6) is 0.137.